The van der Waals surface area contributed by atoms with E-state index >= 15 is 0 Å². The molecule has 2 amide bonds. The van der Waals surface area contributed by atoms with Gasteiger partial charge in [-0.3, -0.25) is 14.5 Å². The molecular weight excluding hydrogens is 609 g/mol. The Balaban J connectivity index is 0.000000923. The van der Waals surface area contributed by atoms with E-state index in [2.05, 4.69) is 58.5 Å². The number of likely N-dealkylation sites (N-methyl/N-ethyl adjacent to an activating group) is 1. The van der Waals surface area contributed by atoms with Crippen LogP contribution in [0.1, 0.15) is 24.5 Å². The van der Waals surface area contributed by atoms with Crippen LogP contribution in [0.2, 0.25) is 0 Å². The van der Waals surface area contributed by atoms with Crippen molar-refractivity contribution in [2.45, 2.75) is 34.7 Å². The summed E-state index contributed by atoms with van der Waals surface area (Å²) in [6, 6.07) is 26.9. The van der Waals surface area contributed by atoms with E-state index in [1.807, 2.05) is 48.2 Å². The Kier molecular flexibility index (Phi) is 6.21. The third-order valence-electron chi connectivity index (χ3n) is 9.01. The highest BCUT2D eigenvalue weighted by Crippen LogP contribution is 2.69. The number of rotatable bonds is 2. The van der Waals surface area contributed by atoms with Gasteiger partial charge in [0.05, 0.1) is 5.41 Å². The Hall–Kier alpha value is -3.45. The van der Waals surface area contributed by atoms with Crippen molar-refractivity contribution in [3.05, 3.63) is 96.2 Å². The van der Waals surface area contributed by atoms with Crippen molar-refractivity contribution < 1.29 is 18.0 Å². The average Bonchev–Trinajstić information content (AvgIpc) is 3.60. The number of nitrogens with zero attached hydrogens (tertiary/aromatic N) is 3. The molecule has 1 aromatic heterocycles. The van der Waals surface area contributed by atoms with E-state index in [9.17, 15) is 9.59 Å². The predicted molar refractivity (Wildman–Crippen MR) is 170 cm³/mol. The third kappa shape index (κ3) is 3.34. The second-order valence-electron chi connectivity index (χ2n) is 10.8. The molecule has 0 aliphatic carbocycles. The fourth-order valence-electron chi connectivity index (χ4n) is 7.26. The molecule has 5 aliphatic heterocycles. The van der Waals surface area contributed by atoms with Crippen molar-refractivity contribution in [3.8, 4) is 0 Å². The average molecular weight is 633 g/mol. The molecule has 0 radical (unpaired) electrons. The number of nitrogens with one attached hydrogen (secondary N) is 1. The topological polar surface area (TPSA) is 93.8 Å². The molecule has 9 rings (SSSR count). The summed E-state index contributed by atoms with van der Waals surface area (Å²) in [7, 11) is 1.75. The number of thiocarbonyl (C=S) groups is 1. The molecule has 1 N–H and O–H groups in total. The van der Waals surface area contributed by atoms with Gasteiger partial charge < -0.3 is 14.8 Å². The van der Waals surface area contributed by atoms with Gasteiger partial charge in [0.1, 0.15) is 9.69 Å². The van der Waals surface area contributed by atoms with E-state index in [1.165, 1.54) is 23.5 Å². The van der Waals surface area contributed by atoms with Crippen molar-refractivity contribution in [1.29, 1.82) is 0 Å². The fourth-order valence-corrected chi connectivity index (χ4v) is 11.0. The van der Waals surface area contributed by atoms with Crippen molar-refractivity contribution >= 4 is 84.9 Å². The number of hydrogen-bond donors (Lipinski definition) is 1. The number of carbonyl (C=O) groups is 2. The molecule has 2 bridgehead atoms. The quantitative estimate of drug-likeness (QED) is 0.304. The summed E-state index contributed by atoms with van der Waals surface area (Å²) in [5.74, 6) is -0.150. The number of benzene rings is 3. The van der Waals surface area contributed by atoms with Crippen molar-refractivity contribution in [2.24, 2.45) is 0 Å². The summed E-state index contributed by atoms with van der Waals surface area (Å²) >= 11 is 7.78. The normalized spacial score (nSPS) is 29.1. The molecular formula is C30H24N4O4S4. The van der Waals surface area contributed by atoms with Crippen LogP contribution in [0, 0.1) is 0 Å². The maximum Gasteiger partial charge on any atom is 0.335 e. The second-order valence-corrected chi connectivity index (χ2v) is 14.8. The minimum absolute atomic E-state index is 0.0685. The number of para-hydroxylation sites is 3. The van der Waals surface area contributed by atoms with Gasteiger partial charge in [0, 0.05) is 41.9 Å². The van der Waals surface area contributed by atoms with Crippen LogP contribution in [0.25, 0.3) is 10.9 Å². The lowest BCUT2D eigenvalue weighted by Crippen LogP contribution is -2.72. The van der Waals surface area contributed by atoms with Gasteiger partial charge in [-0.05, 0) is 42.3 Å². The monoisotopic (exact) mass is 632 g/mol. The number of thioether (sulfide) groups is 2. The van der Waals surface area contributed by atoms with Crippen LogP contribution in [0.15, 0.2) is 85.1 Å². The highest BCUT2D eigenvalue weighted by molar-refractivity contribution is 8.48. The lowest BCUT2D eigenvalue weighted by atomic mass is 9.72. The van der Waals surface area contributed by atoms with E-state index in [4.69, 9.17) is 20.6 Å². The van der Waals surface area contributed by atoms with Crippen LogP contribution in [-0.4, -0.2) is 61.5 Å². The number of anilines is 2. The summed E-state index contributed by atoms with van der Waals surface area (Å²) < 4.78 is 17.2. The number of aromatic nitrogens is 1. The van der Waals surface area contributed by atoms with E-state index in [0.29, 0.717) is 9.95 Å². The standard InChI is InChI=1S/C30H24N4O2S3.O2S/c1-28-25(35)34-24-29(21-16-31-22-14-8-6-12-19(21)22,17-30(34,26(36)32(28)2)39-27(37)38-28)20-13-7-9-15-23(20)33(24)18-10-4-3-5-11-18;1-3-2/h3-16,24,31H,17H2,1-2H3;/t24-,28+,29?,30?;/m0./s1. The number of carbonyl (C=O) groups excluding carboxylic acids is 2. The van der Waals surface area contributed by atoms with Gasteiger partial charge in [-0.1, -0.05) is 90.3 Å². The highest BCUT2D eigenvalue weighted by atomic mass is 32.2. The van der Waals surface area contributed by atoms with Gasteiger partial charge in [0.2, 0.25) is 0 Å². The number of piperazine rings is 1. The molecule has 4 saturated heterocycles. The highest BCUT2D eigenvalue weighted by Gasteiger charge is 2.77. The van der Waals surface area contributed by atoms with Crippen LogP contribution in [0.4, 0.5) is 11.4 Å². The van der Waals surface area contributed by atoms with Crippen LogP contribution < -0.4 is 4.90 Å². The predicted octanol–water partition coefficient (Wildman–Crippen LogP) is 5.14. The first-order valence-electron chi connectivity index (χ1n) is 13.2. The molecule has 0 saturated carbocycles. The van der Waals surface area contributed by atoms with Gasteiger partial charge in [0.25, 0.3) is 11.8 Å². The summed E-state index contributed by atoms with van der Waals surface area (Å²) in [4.78, 5) is 36.3. The summed E-state index contributed by atoms with van der Waals surface area (Å²) in [5.41, 5.74) is 4.57. The number of fused-ring (bicyclic) bond motifs is 7. The molecule has 2 unspecified atom stereocenters. The Morgan fingerprint density at radius 2 is 1.57 bits per heavy atom. The van der Waals surface area contributed by atoms with Gasteiger partial charge in [-0.15, -0.1) is 0 Å². The number of amides is 2. The molecule has 42 heavy (non-hydrogen) atoms. The summed E-state index contributed by atoms with van der Waals surface area (Å²) in [6.07, 6.45) is 2.04. The molecule has 3 aromatic carbocycles. The second kappa shape index (κ2) is 9.53. The Labute approximate surface area is 259 Å². The molecule has 1 spiro atoms. The van der Waals surface area contributed by atoms with Crippen LogP contribution >= 0.6 is 35.7 Å². The number of aromatic amines is 1. The number of H-pyrrole nitrogens is 1. The molecule has 12 heteroatoms. The minimum Gasteiger partial charge on any atom is -0.361 e. The molecule has 5 aliphatic rings. The molecule has 212 valence electrons. The SMILES string of the molecule is CN1C(=O)C23CC4(c5c[nH]c6ccccc56)c5ccccc5N(c5ccccc5)[C@H]4N2C(=O)[C@@]1(C)SC(=S)S3.O=S=O. The molecule has 4 fully saturated rings. The zero-order valence-electron chi connectivity index (χ0n) is 22.5. The van der Waals surface area contributed by atoms with E-state index < -0.39 is 32.9 Å². The van der Waals surface area contributed by atoms with Crippen LogP contribution in [0.3, 0.4) is 0 Å². The summed E-state index contributed by atoms with van der Waals surface area (Å²) in [5, 5.41) is 1.09. The zero-order valence-corrected chi connectivity index (χ0v) is 25.7. The number of hydrogen-bond acceptors (Lipinski definition) is 8. The smallest absolute Gasteiger partial charge is 0.335 e. The molecule has 4 atom stereocenters. The Morgan fingerprint density at radius 1 is 0.905 bits per heavy atom. The first-order valence-corrected chi connectivity index (χ1v) is 15.9. The lowest BCUT2D eigenvalue weighted by molar-refractivity contribution is -0.163. The Morgan fingerprint density at radius 3 is 2.33 bits per heavy atom. The zero-order chi connectivity index (χ0) is 29.4. The van der Waals surface area contributed by atoms with Crippen molar-refractivity contribution in [2.75, 3.05) is 11.9 Å². The van der Waals surface area contributed by atoms with Crippen LogP contribution in [0.5, 0.6) is 0 Å². The largest absolute Gasteiger partial charge is 0.361 e. The van der Waals surface area contributed by atoms with Gasteiger partial charge in [0.15, 0.2) is 9.74 Å². The lowest BCUT2D eigenvalue weighted by Gasteiger charge is -2.51. The molecule has 4 aromatic rings. The van der Waals surface area contributed by atoms with E-state index in [-0.39, 0.29) is 11.8 Å². The van der Waals surface area contributed by atoms with Crippen LogP contribution in [-0.2, 0) is 26.6 Å². The molecule has 8 nitrogen and oxygen atoms in total. The minimum atomic E-state index is -1.16. The summed E-state index contributed by atoms with van der Waals surface area (Å²) in [6.45, 7) is 1.83. The maximum atomic E-state index is 14.8. The molecule has 6 heterocycles. The Bertz CT molecular complexity index is 1840. The van der Waals surface area contributed by atoms with E-state index in [1.54, 1.807) is 11.9 Å². The van der Waals surface area contributed by atoms with Gasteiger partial charge in [-0.2, -0.15) is 8.42 Å². The third-order valence-corrected chi connectivity index (χ3v) is 12.0. The van der Waals surface area contributed by atoms with Crippen molar-refractivity contribution in [3.63, 3.8) is 0 Å². The first-order chi connectivity index (χ1) is 20.2. The maximum absolute atomic E-state index is 14.8. The van der Waals surface area contributed by atoms with Gasteiger partial charge in [-0.25, -0.2) is 0 Å². The van der Waals surface area contributed by atoms with E-state index in [0.717, 1.165) is 33.4 Å². The first kappa shape index (κ1) is 27.4. The fraction of sp³-hybridized carbons (Fsp3) is 0.233. The van der Waals surface area contributed by atoms with Gasteiger partial charge >= 0.3 is 11.6 Å². The van der Waals surface area contributed by atoms with Crippen molar-refractivity contribution in [1.82, 2.24) is 14.8 Å².